The first kappa shape index (κ1) is 29.1. The number of ether oxygens (including phenoxy) is 1. The van der Waals surface area contributed by atoms with Gasteiger partial charge in [0.1, 0.15) is 5.75 Å². The van der Waals surface area contributed by atoms with Crippen LogP contribution in [0.5, 0.6) is 5.75 Å². The van der Waals surface area contributed by atoms with Crippen LogP contribution >= 0.6 is 0 Å². The predicted molar refractivity (Wildman–Crippen MR) is 134 cm³/mol. The third-order valence-corrected chi connectivity index (χ3v) is 4.88. The summed E-state index contributed by atoms with van der Waals surface area (Å²) in [5, 5.41) is 0. The molecule has 0 N–H and O–H groups in total. The topological polar surface area (TPSA) is 9.23 Å². The fourth-order valence-corrected chi connectivity index (χ4v) is 2.85. The maximum absolute atomic E-state index is 5.66. The minimum absolute atomic E-state index is 0. The van der Waals surface area contributed by atoms with Crippen molar-refractivity contribution in [2.45, 2.75) is 47.7 Å². The van der Waals surface area contributed by atoms with E-state index in [0.29, 0.717) is 5.92 Å². The van der Waals surface area contributed by atoms with Gasteiger partial charge < -0.3 is 4.74 Å². The molecule has 1 aliphatic rings. The number of hydrogen-bond donors (Lipinski definition) is 0. The molecule has 1 nitrogen and oxygen atoms in total. The van der Waals surface area contributed by atoms with Crippen molar-refractivity contribution in [3.05, 3.63) is 107 Å². The van der Waals surface area contributed by atoms with Crippen LogP contribution in [0.3, 0.4) is 0 Å². The molecule has 0 bridgehead atoms. The van der Waals surface area contributed by atoms with Crippen molar-refractivity contribution in [1.29, 1.82) is 0 Å². The summed E-state index contributed by atoms with van der Waals surface area (Å²) in [7, 11) is 1.08. The third-order valence-electron chi connectivity index (χ3n) is 4.88. The number of allylic oxidation sites excluding steroid dienone is 6. The molecule has 3 heteroatoms. The van der Waals surface area contributed by atoms with Crippen molar-refractivity contribution in [3.8, 4) is 5.75 Å². The van der Waals surface area contributed by atoms with Crippen LogP contribution in [0.1, 0.15) is 38.8 Å². The molecule has 1 aliphatic carbocycles. The van der Waals surface area contributed by atoms with E-state index >= 15 is 0 Å². The molecule has 1 atom stereocenters. The Balaban J connectivity index is 0.000000583. The summed E-state index contributed by atoms with van der Waals surface area (Å²) in [6.07, 6.45) is 6.89. The molecule has 2 radical (unpaired) electrons. The van der Waals surface area contributed by atoms with E-state index in [1.165, 1.54) is 22.3 Å². The van der Waals surface area contributed by atoms with Gasteiger partial charge in [0, 0.05) is 36.8 Å². The summed E-state index contributed by atoms with van der Waals surface area (Å²) >= 11 is 0. The monoisotopic (exact) mass is 463 g/mol. The Morgan fingerprint density at radius 2 is 1.61 bits per heavy atom. The van der Waals surface area contributed by atoms with Crippen LogP contribution < -0.4 is 4.74 Å². The van der Waals surface area contributed by atoms with E-state index in [1.54, 1.807) is 12.3 Å². The van der Waals surface area contributed by atoms with Gasteiger partial charge in [-0.3, -0.25) is 6.08 Å². The summed E-state index contributed by atoms with van der Waals surface area (Å²) < 4.78 is 5.66. The molecule has 0 saturated carbocycles. The van der Waals surface area contributed by atoms with Crippen LogP contribution in [-0.4, -0.2) is 9.52 Å². The quantitative estimate of drug-likeness (QED) is 0.193. The Bertz CT molecular complexity index is 894. The van der Waals surface area contributed by atoms with Gasteiger partial charge in [-0.1, -0.05) is 94.9 Å². The maximum atomic E-state index is 5.66. The molecule has 0 saturated heterocycles. The second kappa shape index (κ2) is 15.9. The number of benzene rings is 2. The molecule has 0 spiro atoms. The fraction of sp³-hybridized carbons (Fsp3) is 0.286. The van der Waals surface area contributed by atoms with E-state index < -0.39 is 0 Å². The maximum Gasteiger partial charge on any atom is 0.126 e. The second-order valence-corrected chi connectivity index (χ2v) is 8.38. The predicted octanol–water partition coefficient (Wildman–Crippen LogP) is 8.11. The van der Waals surface area contributed by atoms with Gasteiger partial charge in [-0.25, -0.2) is 5.57 Å². The molecule has 0 aliphatic heterocycles. The van der Waals surface area contributed by atoms with Crippen molar-refractivity contribution < 1.29 is 26.5 Å². The normalized spacial score (nSPS) is 14.9. The first-order valence-corrected chi connectivity index (χ1v) is 12.3. The summed E-state index contributed by atoms with van der Waals surface area (Å²) in [5.41, 5.74) is 7.49. The average Bonchev–Trinajstić information content (AvgIpc) is 2.96. The van der Waals surface area contributed by atoms with Gasteiger partial charge in [-0.05, 0) is 30.2 Å². The molecule has 2 aromatic rings. The zero-order valence-electron chi connectivity index (χ0n) is 20.0. The van der Waals surface area contributed by atoms with Crippen molar-refractivity contribution >= 4 is 15.1 Å². The van der Waals surface area contributed by atoms with Gasteiger partial charge in [0.25, 0.3) is 0 Å². The van der Waals surface area contributed by atoms with Gasteiger partial charge in [-0.2, -0.15) is 11.1 Å². The van der Waals surface area contributed by atoms with Crippen LogP contribution in [-0.2, 0) is 21.7 Å². The van der Waals surface area contributed by atoms with E-state index in [0.717, 1.165) is 26.4 Å². The molecule has 162 valence electrons. The smallest absolute Gasteiger partial charge is 0.126 e. The Kier molecular flexibility index (Phi) is 14.9. The van der Waals surface area contributed by atoms with E-state index in [9.17, 15) is 0 Å². The minimum Gasteiger partial charge on any atom is -0.464 e. The number of aryl methyl sites for hydroxylation is 1. The zero-order chi connectivity index (χ0) is 22.5. The van der Waals surface area contributed by atoms with Gasteiger partial charge >= 0.3 is 0 Å². The Hall–Kier alpha value is -1.87. The molecule has 0 heterocycles. The molecule has 31 heavy (non-hydrogen) atoms. The standard InChI is InChI=1S/C17H16O.C9H13.C2H6Si.Ti/c1-3-15(16-9-5-4-6-10-16)13-18-17-11-7-8-14(2)12-17;1-6-5-7(2)9(4)8(6)3;1-3-2;/h3-13H,1H2,2H3;6H,1-4H3;1-2H3;/q;-1;;. The first-order chi connectivity index (χ1) is 14.3. The molecule has 0 amide bonds. The van der Waals surface area contributed by atoms with Crippen molar-refractivity contribution in [3.63, 3.8) is 0 Å². The molecular weight excluding hydrogens is 428 g/mol. The summed E-state index contributed by atoms with van der Waals surface area (Å²) in [4.78, 5) is 0. The first-order valence-electron chi connectivity index (χ1n) is 10.3. The van der Waals surface area contributed by atoms with Gasteiger partial charge in [0.2, 0.25) is 0 Å². The number of rotatable bonds is 4. The van der Waals surface area contributed by atoms with Gasteiger partial charge in [0.15, 0.2) is 0 Å². The molecule has 0 fully saturated rings. The summed E-state index contributed by atoms with van der Waals surface area (Å²) in [5.74, 6) is 1.40. The van der Waals surface area contributed by atoms with Gasteiger partial charge in [0.05, 0.1) is 6.26 Å². The Morgan fingerprint density at radius 1 is 1.00 bits per heavy atom. The van der Waals surface area contributed by atoms with Crippen LogP contribution in [0.4, 0.5) is 0 Å². The minimum atomic E-state index is 0. The van der Waals surface area contributed by atoms with Crippen LogP contribution in [0, 0.1) is 18.9 Å². The molecular formula is C28H35OSiTi-. The van der Waals surface area contributed by atoms with Gasteiger partial charge in [-0.15, -0.1) is 6.92 Å². The average molecular weight is 464 g/mol. The Morgan fingerprint density at radius 3 is 2.03 bits per heavy atom. The van der Waals surface area contributed by atoms with Crippen LogP contribution in [0.25, 0.3) is 5.57 Å². The summed E-state index contributed by atoms with van der Waals surface area (Å²) in [6.45, 7) is 18.8. The molecule has 3 rings (SSSR count). The Labute approximate surface area is 207 Å². The zero-order valence-corrected chi connectivity index (χ0v) is 22.6. The van der Waals surface area contributed by atoms with Crippen molar-refractivity contribution in [1.82, 2.24) is 0 Å². The second-order valence-electron chi connectivity index (χ2n) is 7.38. The summed E-state index contributed by atoms with van der Waals surface area (Å²) in [6, 6.07) is 18.0. The largest absolute Gasteiger partial charge is 0.464 e. The van der Waals surface area contributed by atoms with E-state index in [4.69, 9.17) is 4.74 Å². The van der Waals surface area contributed by atoms with E-state index in [-0.39, 0.29) is 21.7 Å². The van der Waals surface area contributed by atoms with E-state index in [1.807, 2.05) is 61.5 Å². The fourth-order valence-electron chi connectivity index (χ4n) is 2.85. The molecule has 0 aromatic heterocycles. The SMILES string of the molecule is C=CC(=COc1cccc(C)c1)c1ccccc1.CC1=[C-]C(C)C(C)=C1C.C[Si]C.[Ti]. The van der Waals surface area contributed by atoms with Crippen LogP contribution in [0.15, 0.2) is 90.2 Å². The molecule has 2 aromatic carbocycles. The van der Waals surface area contributed by atoms with Crippen molar-refractivity contribution in [2.75, 3.05) is 0 Å². The third kappa shape index (κ3) is 10.3. The van der Waals surface area contributed by atoms with Crippen LogP contribution in [0.2, 0.25) is 13.1 Å². The molecule has 1 unspecified atom stereocenters. The number of hydrogen-bond acceptors (Lipinski definition) is 1. The van der Waals surface area contributed by atoms with Crippen molar-refractivity contribution in [2.24, 2.45) is 5.92 Å². The van der Waals surface area contributed by atoms with E-state index in [2.05, 4.69) is 53.4 Å².